The zero-order valence-electron chi connectivity index (χ0n) is 19.0. The third kappa shape index (κ3) is 5.82. The van der Waals surface area contributed by atoms with E-state index in [1.165, 1.54) is 5.56 Å². The van der Waals surface area contributed by atoms with E-state index in [9.17, 15) is 4.79 Å². The highest BCUT2D eigenvalue weighted by Gasteiger charge is 2.11. The Labute approximate surface area is 202 Å². The molecule has 3 aromatic carbocycles. The van der Waals surface area contributed by atoms with Gasteiger partial charge in [-0.05, 0) is 68.3 Å². The van der Waals surface area contributed by atoms with Gasteiger partial charge in [-0.3, -0.25) is 4.79 Å². The number of aryl methyl sites for hydroxylation is 3. The van der Waals surface area contributed by atoms with Crippen LogP contribution in [0.2, 0.25) is 0 Å². The quantitative estimate of drug-likeness (QED) is 0.290. The van der Waals surface area contributed by atoms with Crippen molar-refractivity contribution in [2.24, 2.45) is 0 Å². The molecule has 1 amide bonds. The van der Waals surface area contributed by atoms with Crippen LogP contribution >= 0.6 is 15.9 Å². The summed E-state index contributed by atoms with van der Waals surface area (Å²) in [5, 5.41) is 3.00. The number of imidazole rings is 1. The first kappa shape index (κ1) is 23.1. The summed E-state index contributed by atoms with van der Waals surface area (Å²) >= 11 is 3.39. The molecule has 0 saturated carbocycles. The molecule has 0 fully saturated rings. The zero-order valence-corrected chi connectivity index (χ0v) is 20.6. The van der Waals surface area contributed by atoms with Gasteiger partial charge in [-0.2, -0.15) is 0 Å². The number of aromatic nitrogens is 2. The maximum Gasteiger partial charge on any atom is 0.251 e. The number of amides is 1. The summed E-state index contributed by atoms with van der Waals surface area (Å²) in [5.41, 5.74) is 5.13. The van der Waals surface area contributed by atoms with E-state index < -0.39 is 0 Å². The van der Waals surface area contributed by atoms with Gasteiger partial charge in [0.1, 0.15) is 18.2 Å². The number of hydrogen-bond donors (Lipinski definition) is 1. The molecule has 1 N–H and O–H groups in total. The second-order valence-corrected chi connectivity index (χ2v) is 9.07. The molecule has 1 heterocycles. The van der Waals surface area contributed by atoms with Gasteiger partial charge in [0.2, 0.25) is 0 Å². The van der Waals surface area contributed by atoms with Crippen LogP contribution in [0.15, 0.2) is 71.2 Å². The summed E-state index contributed by atoms with van der Waals surface area (Å²) in [5.74, 6) is 1.87. The second kappa shape index (κ2) is 10.7. The van der Waals surface area contributed by atoms with E-state index in [0.717, 1.165) is 45.5 Å². The lowest BCUT2D eigenvalue weighted by Crippen LogP contribution is -2.25. The smallest absolute Gasteiger partial charge is 0.251 e. The van der Waals surface area contributed by atoms with Crippen molar-refractivity contribution in [3.8, 4) is 5.75 Å². The summed E-state index contributed by atoms with van der Waals surface area (Å²) in [6, 6.07) is 21.8. The zero-order chi connectivity index (χ0) is 23.2. The van der Waals surface area contributed by atoms with Crippen LogP contribution in [0, 0.1) is 13.8 Å². The second-order valence-electron chi connectivity index (χ2n) is 8.15. The van der Waals surface area contributed by atoms with Crippen molar-refractivity contribution in [2.75, 3.05) is 13.2 Å². The molecule has 4 aromatic rings. The van der Waals surface area contributed by atoms with Gasteiger partial charge >= 0.3 is 0 Å². The van der Waals surface area contributed by atoms with Gasteiger partial charge in [-0.15, -0.1) is 0 Å². The summed E-state index contributed by atoms with van der Waals surface area (Å²) < 4.78 is 9.26. The van der Waals surface area contributed by atoms with Crippen LogP contribution in [-0.4, -0.2) is 28.6 Å². The molecule has 0 spiro atoms. The average molecular weight is 506 g/mol. The molecular formula is C27H28BrN3O2. The van der Waals surface area contributed by atoms with E-state index in [1.54, 1.807) is 0 Å². The predicted molar refractivity (Wildman–Crippen MR) is 136 cm³/mol. The molecule has 5 nitrogen and oxygen atoms in total. The monoisotopic (exact) mass is 505 g/mol. The first-order valence-corrected chi connectivity index (χ1v) is 12.0. The van der Waals surface area contributed by atoms with Crippen molar-refractivity contribution in [3.63, 3.8) is 0 Å². The van der Waals surface area contributed by atoms with E-state index in [4.69, 9.17) is 9.72 Å². The standard InChI is InChI=1S/C27H28BrN3O2/c1-19-9-14-25(20(2)18-19)33-17-16-31-24-7-4-3-6-23(24)30-26(31)8-5-15-29-27(32)21-10-12-22(28)13-11-21/h3-4,6-7,9-14,18H,5,8,15-17H2,1-2H3,(H,29,32). The Kier molecular flexibility index (Phi) is 7.45. The van der Waals surface area contributed by atoms with Gasteiger partial charge in [0.15, 0.2) is 0 Å². The molecular weight excluding hydrogens is 478 g/mol. The maximum atomic E-state index is 12.3. The van der Waals surface area contributed by atoms with Gasteiger partial charge in [0.05, 0.1) is 17.6 Å². The number of halogens is 1. The van der Waals surface area contributed by atoms with Crippen LogP contribution in [-0.2, 0) is 13.0 Å². The van der Waals surface area contributed by atoms with Crippen LogP contribution in [0.4, 0.5) is 0 Å². The Hall–Kier alpha value is -3.12. The normalized spacial score (nSPS) is 11.0. The summed E-state index contributed by atoms with van der Waals surface area (Å²) in [4.78, 5) is 17.2. The fourth-order valence-corrected chi connectivity index (χ4v) is 4.19. The van der Waals surface area contributed by atoms with Crippen molar-refractivity contribution >= 4 is 32.9 Å². The number of hydrogen-bond acceptors (Lipinski definition) is 3. The summed E-state index contributed by atoms with van der Waals surface area (Å²) in [7, 11) is 0. The number of rotatable bonds is 9. The molecule has 0 bridgehead atoms. The number of carbonyl (C=O) groups excluding carboxylic acids is 1. The van der Waals surface area contributed by atoms with Crippen molar-refractivity contribution in [1.82, 2.24) is 14.9 Å². The third-order valence-corrected chi connectivity index (χ3v) is 6.13. The molecule has 0 aliphatic heterocycles. The SMILES string of the molecule is Cc1ccc(OCCn2c(CCCNC(=O)c3ccc(Br)cc3)nc3ccccc32)c(C)c1. The minimum absolute atomic E-state index is 0.0575. The fourth-order valence-electron chi connectivity index (χ4n) is 3.93. The van der Waals surface area contributed by atoms with E-state index in [0.29, 0.717) is 25.3 Å². The number of carbonyl (C=O) groups is 1. The minimum atomic E-state index is -0.0575. The molecule has 6 heteroatoms. The van der Waals surface area contributed by atoms with E-state index in [2.05, 4.69) is 57.9 Å². The van der Waals surface area contributed by atoms with Gasteiger partial charge < -0.3 is 14.6 Å². The highest BCUT2D eigenvalue weighted by molar-refractivity contribution is 9.10. The van der Waals surface area contributed by atoms with Crippen LogP contribution in [0.25, 0.3) is 11.0 Å². The van der Waals surface area contributed by atoms with Crippen molar-refractivity contribution in [1.29, 1.82) is 0 Å². The maximum absolute atomic E-state index is 12.3. The third-order valence-electron chi connectivity index (χ3n) is 5.61. The number of fused-ring (bicyclic) bond motifs is 1. The molecule has 4 rings (SSSR count). The lowest BCUT2D eigenvalue weighted by Gasteiger charge is -2.13. The highest BCUT2D eigenvalue weighted by atomic mass is 79.9. The lowest BCUT2D eigenvalue weighted by atomic mass is 10.1. The summed E-state index contributed by atoms with van der Waals surface area (Å²) in [6.07, 6.45) is 1.59. The molecule has 0 saturated heterocycles. The average Bonchev–Trinajstić information content (AvgIpc) is 3.16. The van der Waals surface area contributed by atoms with Crippen LogP contribution in [0.1, 0.15) is 33.7 Å². The van der Waals surface area contributed by atoms with Crippen molar-refractivity contribution in [3.05, 3.63) is 93.7 Å². The fraction of sp³-hybridized carbons (Fsp3) is 0.259. The molecule has 33 heavy (non-hydrogen) atoms. The first-order valence-electron chi connectivity index (χ1n) is 11.2. The van der Waals surface area contributed by atoms with Gasteiger partial charge in [0, 0.05) is 23.0 Å². The highest BCUT2D eigenvalue weighted by Crippen LogP contribution is 2.20. The van der Waals surface area contributed by atoms with Gasteiger partial charge in [-0.25, -0.2) is 4.98 Å². The summed E-state index contributed by atoms with van der Waals surface area (Å²) in [6.45, 7) is 6.04. The molecule has 0 radical (unpaired) electrons. The number of nitrogens with zero attached hydrogens (tertiary/aromatic N) is 2. The Balaban J connectivity index is 1.37. The Morgan fingerprint density at radius 1 is 1.06 bits per heavy atom. The predicted octanol–water partition coefficient (Wildman–Crippen LogP) is 5.86. The topological polar surface area (TPSA) is 56.1 Å². The molecule has 0 unspecified atom stereocenters. The van der Waals surface area contributed by atoms with Crippen molar-refractivity contribution in [2.45, 2.75) is 33.2 Å². The van der Waals surface area contributed by atoms with Crippen LogP contribution < -0.4 is 10.1 Å². The van der Waals surface area contributed by atoms with Crippen LogP contribution in [0.3, 0.4) is 0 Å². The Morgan fingerprint density at radius 2 is 1.85 bits per heavy atom. The molecule has 170 valence electrons. The lowest BCUT2D eigenvalue weighted by molar-refractivity contribution is 0.0953. The molecule has 1 aromatic heterocycles. The first-order chi connectivity index (χ1) is 16.0. The minimum Gasteiger partial charge on any atom is -0.491 e. The molecule has 0 aliphatic carbocycles. The number of ether oxygens (including phenoxy) is 1. The number of nitrogens with one attached hydrogen (secondary N) is 1. The van der Waals surface area contributed by atoms with Crippen LogP contribution in [0.5, 0.6) is 5.75 Å². The Morgan fingerprint density at radius 3 is 2.64 bits per heavy atom. The number of para-hydroxylation sites is 2. The number of benzene rings is 3. The Bertz CT molecular complexity index is 1250. The van der Waals surface area contributed by atoms with E-state index in [-0.39, 0.29) is 5.91 Å². The molecule has 0 atom stereocenters. The molecule has 0 aliphatic rings. The largest absolute Gasteiger partial charge is 0.491 e. The van der Waals surface area contributed by atoms with E-state index >= 15 is 0 Å². The van der Waals surface area contributed by atoms with Crippen molar-refractivity contribution < 1.29 is 9.53 Å². The van der Waals surface area contributed by atoms with Gasteiger partial charge in [0.25, 0.3) is 5.91 Å². The van der Waals surface area contributed by atoms with Gasteiger partial charge in [-0.1, -0.05) is 45.8 Å². The van der Waals surface area contributed by atoms with E-state index in [1.807, 2.05) is 48.5 Å².